The predicted molar refractivity (Wildman–Crippen MR) is 73.9 cm³/mol. The lowest BCUT2D eigenvalue weighted by atomic mass is 9.80. The Labute approximate surface area is 112 Å². The summed E-state index contributed by atoms with van der Waals surface area (Å²) >= 11 is 0. The topological polar surface area (TPSA) is 64.1 Å². The van der Waals surface area contributed by atoms with Gasteiger partial charge in [-0.2, -0.15) is 5.10 Å². The molecule has 2 unspecified atom stereocenters. The minimum atomic E-state index is -0.857. The molecule has 4 nitrogen and oxygen atoms in total. The maximum Gasteiger partial charge on any atom is 0.108 e. The highest BCUT2D eigenvalue weighted by Gasteiger charge is 2.37. The summed E-state index contributed by atoms with van der Waals surface area (Å²) < 4.78 is 1.82. The molecule has 0 saturated heterocycles. The van der Waals surface area contributed by atoms with E-state index in [1.807, 2.05) is 41.1 Å². The number of hydrogen-bond acceptors (Lipinski definition) is 3. The van der Waals surface area contributed by atoms with Crippen molar-refractivity contribution < 1.29 is 5.11 Å². The molecular weight excluding hydrogens is 238 g/mol. The van der Waals surface area contributed by atoms with Gasteiger partial charge in [0.25, 0.3) is 0 Å². The zero-order valence-electron chi connectivity index (χ0n) is 10.9. The molecule has 3 rings (SSSR count). The van der Waals surface area contributed by atoms with E-state index in [1.165, 1.54) is 0 Å². The lowest BCUT2D eigenvalue weighted by Crippen LogP contribution is -2.40. The number of rotatable bonds is 2. The maximum atomic E-state index is 10.9. The molecule has 1 fully saturated rings. The van der Waals surface area contributed by atoms with Crippen molar-refractivity contribution in [1.29, 1.82) is 0 Å². The number of hydrogen-bond donors (Lipinski definition) is 2. The Morgan fingerprint density at radius 3 is 2.79 bits per heavy atom. The lowest BCUT2D eigenvalue weighted by Gasteiger charge is -2.35. The number of nitrogens with zero attached hydrogens (tertiary/aromatic N) is 2. The normalized spacial score (nSPS) is 27.4. The second kappa shape index (κ2) is 4.79. The summed E-state index contributed by atoms with van der Waals surface area (Å²) in [5.74, 6) is 0. The first-order valence-electron chi connectivity index (χ1n) is 6.77. The van der Waals surface area contributed by atoms with Gasteiger partial charge < -0.3 is 10.8 Å². The van der Waals surface area contributed by atoms with Crippen molar-refractivity contribution in [3.05, 3.63) is 48.3 Å². The summed E-state index contributed by atoms with van der Waals surface area (Å²) in [7, 11) is 0. The van der Waals surface area contributed by atoms with Crippen molar-refractivity contribution in [3.63, 3.8) is 0 Å². The van der Waals surface area contributed by atoms with Crippen LogP contribution in [0.3, 0.4) is 0 Å². The molecule has 0 amide bonds. The van der Waals surface area contributed by atoms with E-state index in [0.29, 0.717) is 6.42 Å². The highest BCUT2D eigenvalue weighted by Crippen LogP contribution is 2.37. The van der Waals surface area contributed by atoms with Crippen LogP contribution < -0.4 is 5.73 Å². The van der Waals surface area contributed by atoms with E-state index in [4.69, 9.17) is 5.73 Å². The van der Waals surface area contributed by atoms with Crippen LogP contribution in [0.2, 0.25) is 0 Å². The first-order valence-corrected chi connectivity index (χ1v) is 6.77. The largest absolute Gasteiger partial charge is 0.383 e. The van der Waals surface area contributed by atoms with Gasteiger partial charge in [-0.15, -0.1) is 0 Å². The Hall–Kier alpha value is -1.65. The van der Waals surface area contributed by atoms with E-state index in [0.717, 1.165) is 30.6 Å². The molecule has 1 aliphatic rings. The van der Waals surface area contributed by atoms with Crippen LogP contribution in [0.4, 0.5) is 0 Å². The van der Waals surface area contributed by atoms with Crippen molar-refractivity contribution >= 4 is 0 Å². The van der Waals surface area contributed by atoms with Gasteiger partial charge in [-0.3, -0.25) is 0 Å². The molecule has 1 saturated carbocycles. The quantitative estimate of drug-likeness (QED) is 0.864. The molecule has 100 valence electrons. The summed E-state index contributed by atoms with van der Waals surface area (Å²) in [5.41, 5.74) is 6.97. The van der Waals surface area contributed by atoms with E-state index in [9.17, 15) is 5.11 Å². The van der Waals surface area contributed by atoms with E-state index >= 15 is 0 Å². The molecule has 1 aliphatic carbocycles. The van der Waals surface area contributed by atoms with Crippen LogP contribution >= 0.6 is 0 Å². The third kappa shape index (κ3) is 2.29. The SMILES string of the molecule is NC1CCCC(O)(c2ccnn2-c2ccccc2)C1. The molecule has 0 aliphatic heterocycles. The van der Waals surface area contributed by atoms with E-state index < -0.39 is 5.60 Å². The molecule has 3 N–H and O–H groups in total. The van der Waals surface area contributed by atoms with Gasteiger partial charge in [0, 0.05) is 12.2 Å². The lowest BCUT2D eigenvalue weighted by molar-refractivity contribution is -0.0131. The average molecular weight is 257 g/mol. The third-order valence-corrected chi connectivity index (χ3v) is 3.89. The number of nitrogens with two attached hydrogens (primary N) is 1. The van der Waals surface area contributed by atoms with Crippen LogP contribution in [0.25, 0.3) is 5.69 Å². The Kier molecular flexibility index (Phi) is 3.12. The minimum absolute atomic E-state index is 0.0675. The smallest absolute Gasteiger partial charge is 0.108 e. The molecule has 1 heterocycles. The highest BCUT2D eigenvalue weighted by molar-refractivity contribution is 5.34. The molecule has 0 bridgehead atoms. The molecule has 0 radical (unpaired) electrons. The number of para-hydroxylation sites is 1. The summed E-state index contributed by atoms with van der Waals surface area (Å²) in [6, 6.07) is 11.8. The van der Waals surface area contributed by atoms with Crippen molar-refractivity contribution in [2.45, 2.75) is 37.3 Å². The van der Waals surface area contributed by atoms with Gasteiger partial charge in [0.1, 0.15) is 5.60 Å². The maximum absolute atomic E-state index is 10.9. The van der Waals surface area contributed by atoms with E-state index in [1.54, 1.807) is 6.20 Å². The molecule has 1 aromatic carbocycles. The first-order chi connectivity index (χ1) is 9.19. The molecule has 2 atom stereocenters. The molecular formula is C15H19N3O. The van der Waals surface area contributed by atoms with Crippen LogP contribution in [0.5, 0.6) is 0 Å². The number of aromatic nitrogens is 2. The Balaban J connectivity index is 2.00. The Morgan fingerprint density at radius 1 is 1.26 bits per heavy atom. The highest BCUT2D eigenvalue weighted by atomic mass is 16.3. The summed E-state index contributed by atoms with van der Waals surface area (Å²) in [6.45, 7) is 0. The molecule has 19 heavy (non-hydrogen) atoms. The number of benzene rings is 1. The fourth-order valence-electron chi connectivity index (χ4n) is 2.96. The summed E-state index contributed by atoms with van der Waals surface area (Å²) in [6.07, 6.45) is 5.03. The van der Waals surface area contributed by atoms with Crippen molar-refractivity contribution in [2.75, 3.05) is 0 Å². The van der Waals surface area contributed by atoms with Crippen molar-refractivity contribution in [2.24, 2.45) is 5.73 Å². The van der Waals surface area contributed by atoms with Crippen LogP contribution in [-0.4, -0.2) is 20.9 Å². The monoisotopic (exact) mass is 257 g/mol. The van der Waals surface area contributed by atoms with E-state index in [-0.39, 0.29) is 6.04 Å². The average Bonchev–Trinajstić information content (AvgIpc) is 2.89. The first kappa shape index (κ1) is 12.4. The second-order valence-electron chi connectivity index (χ2n) is 5.35. The van der Waals surface area contributed by atoms with Crippen LogP contribution in [-0.2, 0) is 5.60 Å². The zero-order valence-corrected chi connectivity index (χ0v) is 10.9. The summed E-state index contributed by atoms with van der Waals surface area (Å²) in [5, 5.41) is 15.3. The second-order valence-corrected chi connectivity index (χ2v) is 5.35. The van der Waals surface area contributed by atoms with Crippen LogP contribution in [0.15, 0.2) is 42.6 Å². The summed E-state index contributed by atoms with van der Waals surface area (Å²) in [4.78, 5) is 0. The molecule has 2 aromatic rings. The number of aliphatic hydroxyl groups is 1. The standard InChI is InChI=1S/C15H19N3O/c16-12-5-4-9-15(19,11-12)14-8-10-17-18(14)13-6-2-1-3-7-13/h1-3,6-8,10,12,19H,4-5,9,11,16H2. The fraction of sp³-hybridized carbons (Fsp3) is 0.400. The van der Waals surface area contributed by atoms with Crippen LogP contribution in [0, 0.1) is 0 Å². The van der Waals surface area contributed by atoms with Crippen molar-refractivity contribution in [3.8, 4) is 5.69 Å². The predicted octanol–water partition coefficient (Wildman–Crippen LogP) is 1.96. The third-order valence-electron chi connectivity index (χ3n) is 3.89. The van der Waals surface area contributed by atoms with Gasteiger partial charge in [-0.25, -0.2) is 4.68 Å². The zero-order chi connectivity index (χ0) is 13.3. The fourth-order valence-corrected chi connectivity index (χ4v) is 2.96. The van der Waals surface area contributed by atoms with E-state index in [2.05, 4.69) is 5.10 Å². The van der Waals surface area contributed by atoms with Gasteiger partial charge in [-0.05, 0) is 43.9 Å². The van der Waals surface area contributed by atoms with Gasteiger partial charge in [0.15, 0.2) is 0 Å². The molecule has 0 spiro atoms. The molecule has 1 aromatic heterocycles. The van der Waals surface area contributed by atoms with Gasteiger partial charge in [-0.1, -0.05) is 18.2 Å². The Bertz CT molecular complexity index is 552. The van der Waals surface area contributed by atoms with Crippen LogP contribution in [0.1, 0.15) is 31.4 Å². The Morgan fingerprint density at radius 2 is 2.05 bits per heavy atom. The van der Waals surface area contributed by atoms with Gasteiger partial charge in [0.05, 0.1) is 11.4 Å². The minimum Gasteiger partial charge on any atom is -0.383 e. The van der Waals surface area contributed by atoms with Gasteiger partial charge in [0.2, 0.25) is 0 Å². The van der Waals surface area contributed by atoms with Gasteiger partial charge >= 0.3 is 0 Å². The van der Waals surface area contributed by atoms with Crippen molar-refractivity contribution in [1.82, 2.24) is 9.78 Å². The molecule has 4 heteroatoms.